The van der Waals surface area contributed by atoms with Crippen molar-refractivity contribution in [3.8, 4) is 0 Å². The van der Waals surface area contributed by atoms with Gasteiger partial charge in [0.05, 0.1) is 0 Å². The minimum absolute atomic E-state index is 0.524. The van der Waals surface area contributed by atoms with Crippen molar-refractivity contribution in [3.05, 3.63) is 33.8 Å². The lowest BCUT2D eigenvalue weighted by Crippen LogP contribution is -2.25. The molecule has 1 atom stereocenters. The highest BCUT2D eigenvalue weighted by Crippen LogP contribution is 2.21. The van der Waals surface area contributed by atoms with Crippen molar-refractivity contribution < 1.29 is 0 Å². The molecule has 0 aliphatic rings. The first-order valence-electron chi connectivity index (χ1n) is 6.66. The Morgan fingerprint density at radius 3 is 2.44 bits per heavy atom. The van der Waals surface area contributed by atoms with Crippen LogP contribution in [0.1, 0.15) is 45.6 Å². The fraction of sp³-hybridized carbons (Fsp3) is 0.600. The highest BCUT2D eigenvalue weighted by molar-refractivity contribution is 6.35. The van der Waals surface area contributed by atoms with Crippen LogP contribution in [0, 0.1) is 5.92 Å². The molecule has 0 saturated heterocycles. The summed E-state index contributed by atoms with van der Waals surface area (Å²) in [5.74, 6) is 0.794. The molecule has 0 aliphatic heterocycles. The highest BCUT2D eigenvalue weighted by Gasteiger charge is 2.05. The van der Waals surface area contributed by atoms with Crippen molar-refractivity contribution >= 4 is 23.2 Å². The van der Waals surface area contributed by atoms with Crippen LogP contribution in [-0.4, -0.2) is 6.04 Å². The van der Waals surface area contributed by atoms with Crippen molar-refractivity contribution in [2.24, 2.45) is 5.92 Å². The van der Waals surface area contributed by atoms with Crippen molar-refractivity contribution in [1.82, 2.24) is 5.32 Å². The van der Waals surface area contributed by atoms with E-state index in [9.17, 15) is 0 Å². The third kappa shape index (κ3) is 6.08. The molecule has 1 nitrogen and oxygen atoms in total. The summed E-state index contributed by atoms with van der Waals surface area (Å²) in [5.41, 5.74) is 1.11. The van der Waals surface area contributed by atoms with Crippen molar-refractivity contribution in [1.29, 1.82) is 0 Å². The molecule has 0 amide bonds. The van der Waals surface area contributed by atoms with E-state index >= 15 is 0 Å². The second-order valence-corrected chi connectivity index (χ2v) is 6.19. The standard InChI is InChI=1S/C15H23Cl2N/c1-11(2)5-4-6-12(3)18-10-13-7-8-14(16)9-15(13)17/h7-9,11-12,18H,4-6,10H2,1-3H3. The molecule has 1 aromatic carbocycles. The Kier molecular flexibility index (Phi) is 7.06. The predicted octanol–water partition coefficient (Wildman–Crippen LogP) is 5.30. The first-order chi connectivity index (χ1) is 8.49. The molecule has 3 heteroatoms. The first kappa shape index (κ1) is 15.8. The van der Waals surface area contributed by atoms with Gasteiger partial charge in [0.1, 0.15) is 0 Å². The lowest BCUT2D eigenvalue weighted by Gasteiger charge is -2.15. The van der Waals surface area contributed by atoms with Crippen LogP contribution in [0.25, 0.3) is 0 Å². The molecule has 1 unspecified atom stereocenters. The van der Waals surface area contributed by atoms with Gasteiger partial charge in [-0.15, -0.1) is 0 Å². The highest BCUT2D eigenvalue weighted by atomic mass is 35.5. The molecule has 0 radical (unpaired) electrons. The summed E-state index contributed by atoms with van der Waals surface area (Å²) >= 11 is 12.0. The second kappa shape index (κ2) is 8.04. The first-order valence-corrected chi connectivity index (χ1v) is 7.42. The molecule has 18 heavy (non-hydrogen) atoms. The SMILES string of the molecule is CC(C)CCCC(C)NCc1ccc(Cl)cc1Cl. The zero-order valence-electron chi connectivity index (χ0n) is 11.5. The summed E-state index contributed by atoms with van der Waals surface area (Å²) in [4.78, 5) is 0. The van der Waals surface area contributed by atoms with Gasteiger partial charge in [0.25, 0.3) is 0 Å². The van der Waals surface area contributed by atoms with Gasteiger partial charge in [0, 0.05) is 22.6 Å². The van der Waals surface area contributed by atoms with Gasteiger partial charge in [-0.25, -0.2) is 0 Å². The fourth-order valence-electron chi connectivity index (χ4n) is 1.88. The summed E-state index contributed by atoms with van der Waals surface area (Å²) in [6, 6.07) is 6.19. The quantitative estimate of drug-likeness (QED) is 0.718. The zero-order valence-corrected chi connectivity index (χ0v) is 13.0. The Bertz CT molecular complexity index is 364. The van der Waals surface area contributed by atoms with Gasteiger partial charge < -0.3 is 5.32 Å². The molecule has 1 rings (SSSR count). The van der Waals surface area contributed by atoms with Crippen LogP contribution < -0.4 is 5.32 Å². The van der Waals surface area contributed by atoms with Gasteiger partial charge in [-0.2, -0.15) is 0 Å². The van der Waals surface area contributed by atoms with Crippen molar-refractivity contribution in [2.75, 3.05) is 0 Å². The molecule has 0 fully saturated rings. The molecule has 1 aromatic rings. The molecule has 0 spiro atoms. The molecular formula is C15H23Cl2N. The van der Waals surface area contributed by atoms with Gasteiger partial charge >= 0.3 is 0 Å². The lowest BCUT2D eigenvalue weighted by molar-refractivity contribution is 0.457. The molecule has 102 valence electrons. The van der Waals surface area contributed by atoms with E-state index in [1.54, 1.807) is 6.07 Å². The third-order valence-electron chi connectivity index (χ3n) is 3.07. The molecular weight excluding hydrogens is 265 g/mol. The normalized spacial score (nSPS) is 13.0. The summed E-state index contributed by atoms with van der Waals surface area (Å²) in [6.45, 7) is 7.57. The minimum atomic E-state index is 0.524. The zero-order chi connectivity index (χ0) is 13.5. The van der Waals surface area contributed by atoms with Crippen LogP contribution in [0.3, 0.4) is 0 Å². The van der Waals surface area contributed by atoms with Gasteiger partial charge in [0.2, 0.25) is 0 Å². The largest absolute Gasteiger partial charge is 0.310 e. The monoisotopic (exact) mass is 287 g/mol. The fourth-order valence-corrected chi connectivity index (χ4v) is 2.36. The Balaban J connectivity index is 2.31. The number of halogens is 2. The Morgan fingerprint density at radius 1 is 1.11 bits per heavy atom. The lowest BCUT2D eigenvalue weighted by atomic mass is 10.0. The topological polar surface area (TPSA) is 12.0 Å². The molecule has 1 N–H and O–H groups in total. The summed E-state index contributed by atoms with van der Waals surface area (Å²) in [7, 11) is 0. The van der Waals surface area contributed by atoms with Gasteiger partial charge in [0.15, 0.2) is 0 Å². The smallest absolute Gasteiger partial charge is 0.0465 e. The predicted molar refractivity (Wildman–Crippen MR) is 81.5 cm³/mol. The average molecular weight is 288 g/mol. The average Bonchev–Trinajstić information content (AvgIpc) is 2.27. The maximum Gasteiger partial charge on any atom is 0.0465 e. The van der Waals surface area contributed by atoms with Gasteiger partial charge in [-0.05, 0) is 37.0 Å². The molecule has 0 aromatic heterocycles. The Hall–Kier alpha value is -0.240. The van der Waals surface area contributed by atoms with E-state index in [4.69, 9.17) is 23.2 Å². The Morgan fingerprint density at radius 2 is 1.83 bits per heavy atom. The van der Waals surface area contributed by atoms with E-state index in [0.717, 1.165) is 23.0 Å². The molecule has 0 bridgehead atoms. The van der Waals surface area contributed by atoms with Gasteiger partial charge in [-0.1, -0.05) is 56.0 Å². The number of benzene rings is 1. The van der Waals surface area contributed by atoms with Crippen LogP contribution >= 0.6 is 23.2 Å². The van der Waals surface area contributed by atoms with Crippen LogP contribution in [-0.2, 0) is 6.54 Å². The van der Waals surface area contributed by atoms with E-state index in [0.29, 0.717) is 11.1 Å². The molecule has 0 heterocycles. The van der Waals surface area contributed by atoms with Crippen LogP contribution in [0.4, 0.5) is 0 Å². The maximum absolute atomic E-state index is 6.13. The molecule has 0 saturated carbocycles. The Labute approximate surface area is 121 Å². The van der Waals surface area contributed by atoms with E-state index in [-0.39, 0.29) is 0 Å². The number of nitrogens with one attached hydrogen (secondary N) is 1. The van der Waals surface area contributed by atoms with E-state index in [1.165, 1.54) is 19.3 Å². The molecule has 0 aliphatic carbocycles. The van der Waals surface area contributed by atoms with Crippen LogP contribution in [0.15, 0.2) is 18.2 Å². The number of rotatable bonds is 7. The summed E-state index contributed by atoms with van der Waals surface area (Å²) in [5, 5.41) is 4.93. The van der Waals surface area contributed by atoms with E-state index < -0.39 is 0 Å². The second-order valence-electron chi connectivity index (χ2n) is 5.34. The van der Waals surface area contributed by atoms with E-state index in [1.807, 2.05) is 12.1 Å². The van der Waals surface area contributed by atoms with Crippen molar-refractivity contribution in [3.63, 3.8) is 0 Å². The summed E-state index contributed by atoms with van der Waals surface area (Å²) in [6.07, 6.45) is 3.79. The minimum Gasteiger partial charge on any atom is -0.310 e. The number of hydrogen-bond acceptors (Lipinski definition) is 1. The van der Waals surface area contributed by atoms with Crippen LogP contribution in [0.2, 0.25) is 10.0 Å². The van der Waals surface area contributed by atoms with Crippen molar-refractivity contribution in [2.45, 2.75) is 52.6 Å². The van der Waals surface area contributed by atoms with E-state index in [2.05, 4.69) is 26.1 Å². The maximum atomic E-state index is 6.13. The van der Waals surface area contributed by atoms with Crippen LogP contribution in [0.5, 0.6) is 0 Å². The number of hydrogen-bond donors (Lipinski definition) is 1. The third-order valence-corrected chi connectivity index (χ3v) is 3.66. The van der Waals surface area contributed by atoms with Gasteiger partial charge in [-0.3, -0.25) is 0 Å². The summed E-state index contributed by atoms with van der Waals surface area (Å²) < 4.78 is 0.